The Hall–Kier alpha value is -2.98. The Bertz CT molecular complexity index is 1170. The second-order valence-corrected chi connectivity index (χ2v) is 7.62. The van der Waals surface area contributed by atoms with Gasteiger partial charge in [-0.3, -0.25) is 4.98 Å². The maximum absolute atomic E-state index is 9.39. The Labute approximate surface area is 165 Å². The SMILES string of the molecule is Cc1cc(C)c(CCc2cnc3c(N)nc4cc(CO)ccc4c3c2)c(C)c1. The molecule has 4 rings (SSSR count). The fourth-order valence-electron chi connectivity index (χ4n) is 4.11. The number of nitrogen functional groups attached to an aromatic ring is 1. The molecule has 2 aromatic heterocycles. The highest BCUT2D eigenvalue weighted by Crippen LogP contribution is 2.28. The summed E-state index contributed by atoms with van der Waals surface area (Å²) in [5, 5.41) is 11.4. The summed E-state index contributed by atoms with van der Waals surface area (Å²) in [4.78, 5) is 9.08. The zero-order valence-electron chi connectivity index (χ0n) is 16.6. The molecule has 3 N–H and O–H groups in total. The Morgan fingerprint density at radius 1 is 0.893 bits per heavy atom. The number of aliphatic hydroxyl groups excluding tert-OH is 1. The van der Waals surface area contributed by atoms with Gasteiger partial charge in [0.15, 0.2) is 5.82 Å². The first-order valence-electron chi connectivity index (χ1n) is 9.60. The van der Waals surface area contributed by atoms with Gasteiger partial charge in [-0.1, -0.05) is 29.8 Å². The zero-order valence-corrected chi connectivity index (χ0v) is 16.6. The molecule has 0 fully saturated rings. The van der Waals surface area contributed by atoms with E-state index >= 15 is 0 Å². The monoisotopic (exact) mass is 371 g/mol. The fourth-order valence-corrected chi connectivity index (χ4v) is 4.11. The average molecular weight is 371 g/mol. The molecule has 0 saturated carbocycles. The number of hydrogen-bond acceptors (Lipinski definition) is 4. The van der Waals surface area contributed by atoms with E-state index in [2.05, 4.69) is 48.9 Å². The summed E-state index contributed by atoms with van der Waals surface area (Å²) >= 11 is 0. The van der Waals surface area contributed by atoms with Crippen LogP contribution in [0, 0.1) is 20.8 Å². The normalized spacial score (nSPS) is 11.4. The van der Waals surface area contributed by atoms with Crippen molar-refractivity contribution >= 4 is 27.6 Å². The maximum Gasteiger partial charge on any atom is 0.150 e. The molecule has 4 nitrogen and oxygen atoms in total. The smallest absolute Gasteiger partial charge is 0.150 e. The number of nitrogens with two attached hydrogens (primary N) is 1. The van der Waals surface area contributed by atoms with Crippen molar-refractivity contribution in [1.29, 1.82) is 0 Å². The lowest BCUT2D eigenvalue weighted by atomic mass is 9.94. The number of anilines is 1. The third-order valence-electron chi connectivity index (χ3n) is 5.47. The largest absolute Gasteiger partial charge is 0.392 e. The van der Waals surface area contributed by atoms with Gasteiger partial charge in [0, 0.05) is 17.0 Å². The minimum absolute atomic E-state index is 0.0108. The van der Waals surface area contributed by atoms with Gasteiger partial charge in [-0.05, 0) is 73.6 Å². The Morgan fingerprint density at radius 2 is 1.64 bits per heavy atom. The van der Waals surface area contributed by atoms with Crippen LogP contribution in [-0.4, -0.2) is 15.1 Å². The summed E-state index contributed by atoms with van der Waals surface area (Å²) in [5.74, 6) is 0.425. The molecule has 0 unspecified atom stereocenters. The van der Waals surface area contributed by atoms with Crippen LogP contribution in [0.3, 0.4) is 0 Å². The Morgan fingerprint density at radius 3 is 2.36 bits per heavy atom. The molecular weight excluding hydrogens is 346 g/mol. The van der Waals surface area contributed by atoms with E-state index in [1.165, 1.54) is 27.8 Å². The molecule has 0 spiro atoms. The summed E-state index contributed by atoms with van der Waals surface area (Å²) in [7, 11) is 0. The molecule has 0 amide bonds. The number of aliphatic hydroxyl groups is 1. The first-order chi connectivity index (χ1) is 13.5. The van der Waals surface area contributed by atoms with Gasteiger partial charge in [0.1, 0.15) is 5.52 Å². The van der Waals surface area contributed by atoms with Crippen molar-refractivity contribution in [2.75, 3.05) is 5.73 Å². The van der Waals surface area contributed by atoms with E-state index in [0.717, 1.165) is 40.2 Å². The van der Waals surface area contributed by atoms with Gasteiger partial charge < -0.3 is 10.8 Å². The van der Waals surface area contributed by atoms with Gasteiger partial charge in [0.05, 0.1) is 12.1 Å². The number of benzene rings is 2. The molecule has 4 aromatic rings. The second-order valence-electron chi connectivity index (χ2n) is 7.62. The minimum atomic E-state index is -0.0108. The van der Waals surface area contributed by atoms with E-state index in [-0.39, 0.29) is 6.61 Å². The molecule has 0 aliphatic heterocycles. The molecule has 0 bridgehead atoms. The Balaban J connectivity index is 1.74. The molecule has 0 aliphatic rings. The first-order valence-corrected chi connectivity index (χ1v) is 9.60. The van der Waals surface area contributed by atoms with Crippen molar-refractivity contribution in [3.05, 3.63) is 76.0 Å². The second kappa shape index (κ2) is 7.21. The molecule has 0 radical (unpaired) electrons. The van der Waals surface area contributed by atoms with Crippen LogP contribution >= 0.6 is 0 Å². The number of hydrogen-bond donors (Lipinski definition) is 2. The van der Waals surface area contributed by atoms with E-state index in [9.17, 15) is 5.11 Å². The van der Waals surface area contributed by atoms with E-state index in [1.807, 2.05) is 24.4 Å². The summed E-state index contributed by atoms with van der Waals surface area (Å²) < 4.78 is 0. The number of fused-ring (bicyclic) bond motifs is 3. The van der Waals surface area contributed by atoms with Crippen molar-refractivity contribution in [2.45, 2.75) is 40.2 Å². The topological polar surface area (TPSA) is 72.0 Å². The highest BCUT2D eigenvalue weighted by molar-refractivity contribution is 6.08. The lowest BCUT2D eigenvalue weighted by Crippen LogP contribution is -2.00. The van der Waals surface area contributed by atoms with Gasteiger partial charge in [-0.25, -0.2) is 4.98 Å². The molecule has 142 valence electrons. The number of aromatic nitrogens is 2. The average Bonchev–Trinajstić information content (AvgIpc) is 2.66. The Kier molecular flexibility index (Phi) is 4.73. The van der Waals surface area contributed by atoms with Crippen LogP contribution in [-0.2, 0) is 19.4 Å². The van der Waals surface area contributed by atoms with Crippen LogP contribution in [0.4, 0.5) is 5.82 Å². The fraction of sp³-hybridized carbons (Fsp3) is 0.250. The van der Waals surface area contributed by atoms with E-state index in [1.54, 1.807) is 0 Å². The molecule has 2 heterocycles. The summed E-state index contributed by atoms with van der Waals surface area (Å²) in [5.41, 5.74) is 15.1. The minimum Gasteiger partial charge on any atom is -0.392 e. The van der Waals surface area contributed by atoms with Crippen molar-refractivity contribution in [3.63, 3.8) is 0 Å². The van der Waals surface area contributed by atoms with E-state index in [0.29, 0.717) is 5.82 Å². The molecule has 4 heteroatoms. The van der Waals surface area contributed by atoms with Crippen molar-refractivity contribution < 1.29 is 5.11 Å². The standard InChI is InChI=1S/C24H25N3O/c1-14-8-15(2)19(16(3)9-14)6-4-17-10-21-20-7-5-18(13-28)11-22(20)27-24(25)23(21)26-12-17/h5,7-12,28H,4,6,13H2,1-3H3,(H2,25,27). The van der Waals surface area contributed by atoms with Gasteiger partial charge in [-0.2, -0.15) is 0 Å². The van der Waals surface area contributed by atoms with Crippen LogP contribution in [0.25, 0.3) is 21.8 Å². The highest BCUT2D eigenvalue weighted by Gasteiger charge is 2.10. The number of pyridine rings is 2. The van der Waals surface area contributed by atoms with E-state index < -0.39 is 0 Å². The molecule has 2 aromatic carbocycles. The summed E-state index contributed by atoms with van der Waals surface area (Å²) in [6.45, 7) is 6.51. The lowest BCUT2D eigenvalue weighted by molar-refractivity contribution is 0.282. The van der Waals surface area contributed by atoms with Crippen LogP contribution in [0.1, 0.15) is 33.4 Å². The lowest BCUT2D eigenvalue weighted by Gasteiger charge is -2.12. The zero-order chi connectivity index (χ0) is 19.8. The van der Waals surface area contributed by atoms with Crippen molar-refractivity contribution in [3.8, 4) is 0 Å². The van der Waals surface area contributed by atoms with Gasteiger partial charge in [0.25, 0.3) is 0 Å². The predicted molar refractivity (Wildman–Crippen MR) is 115 cm³/mol. The summed E-state index contributed by atoms with van der Waals surface area (Å²) in [6, 6.07) is 12.5. The third kappa shape index (κ3) is 3.32. The van der Waals surface area contributed by atoms with Crippen LogP contribution < -0.4 is 5.73 Å². The number of rotatable bonds is 4. The van der Waals surface area contributed by atoms with Crippen molar-refractivity contribution in [1.82, 2.24) is 9.97 Å². The third-order valence-corrected chi connectivity index (χ3v) is 5.47. The van der Waals surface area contributed by atoms with Crippen molar-refractivity contribution in [2.24, 2.45) is 0 Å². The molecule has 28 heavy (non-hydrogen) atoms. The van der Waals surface area contributed by atoms with Gasteiger partial charge in [-0.15, -0.1) is 0 Å². The highest BCUT2D eigenvalue weighted by atomic mass is 16.3. The van der Waals surface area contributed by atoms with Crippen LogP contribution in [0.5, 0.6) is 0 Å². The maximum atomic E-state index is 9.39. The number of nitrogens with zero attached hydrogens (tertiary/aromatic N) is 2. The van der Waals surface area contributed by atoms with Crippen LogP contribution in [0.15, 0.2) is 42.6 Å². The molecular formula is C24H25N3O. The van der Waals surface area contributed by atoms with Gasteiger partial charge in [0.2, 0.25) is 0 Å². The molecule has 0 saturated heterocycles. The van der Waals surface area contributed by atoms with Crippen LogP contribution in [0.2, 0.25) is 0 Å². The molecule has 0 aliphatic carbocycles. The summed E-state index contributed by atoms with van der Waals surface area (Å²) in [6.07, 6.45) is 3.82. The quantitative estimate of drug-likeness (QED) is 0.516. The van der Waals surface area contributed by atoms with Gasteiger partial charge >= 0.3 is 0 Å². The predicted octanol–water partition coefficient (Wildman–Crippen LogP) is 4.57. The number of aryl methyl sites for hydroxylation is 4. The first kappa shape index (κ1) is 18.4. The molecule has 0 atom stereocenters. The van der Waals surface area contributed by atoms with E-state index in [4.69, 9.17) is 5.73 Å².